The van der Waals surface area contributed by atoms with E-state index < -0.39 is 18.5 Å². The summed E-state index contributed by atoms with van der Waals surface area (Å²) in [4.78, 5) is 0. The normalized spacial score (nSPS) is 16.6. The van der Waals surface area contributed by atoms with Crippen LogP contribution < -0.4 is 14.0 Å². The zero-order chi connectivity index (χ0) is 12.6. The van der Waals surface area contributed by atoms with Gasteiger partial charge >= 0.3 is 116 Å². The van der Waals surface area contributed by atoms with Crippen LogP contribution in [0.15, 0.2) is 30.3 Å². The monoisotopic (exact) mass is 356 g/mol. The van der Waals surface area contributed by atoms with Crippen LogP contribution in [0.5, 0.6) is 5.75 Å². The fourth-order valence-electron chi connectivity index (χ4n) is 2.01. The molecule has 1 aliphatic heterocycles. The standard InChI is InChI=1S/C6H14N3.C6H6O.CH3.2ClH.Ti/c1-2-8-5-6-9-4-3-7-1;7-6-4-2-1-3-5-6;;;;/h7-8H,1-6H2;1-5,7H;1H3;2*1H;/q-1;;;;;+2/p-1. The molecule has 0 aromatic heterocycles. The van der Waals surface area contributed by atoms with Gasteiger partial charge in [0.1, 0.15) is 0 Å². The van der Waals surface area contributed by atoms with E-state index in [2.05, 4.69) is 19.2 Å². The molecule has 0 saturated carbocycles. The molecule has 115 valence electrons. The molecule has 1 aromatic carbocycles. The Kier molecular flexibility index (Phi) is 11.9. The first-order chi connectivity index (χ1) is 8.86. The van der Waals surface area contributed by atoms with Crippen molar-refractivity contribution < 1.29 is 21.8 Å². The molecule has 2 rings (SSSR count). The van der Waals surface area contributed by atoms with Gasteiger partial charge in [0.15, 0.2) is 0 Å². The Morgan fingerprint density at radius 3 is 2.05 bits per heavy atom. The fraction of sp³-hybridized carbons (Fsp3) is 0.538. The maximum atomic E-state index is 6.13. The first-order valence-electron chi connectivity index (χ1n) is 6.59. The number of rotatable bonds is 3. The van der Waals surface area contributed by atoms with Gasteiger partial charge in [-0.3, -0.25) is 0 Å². The van der Waals surface area contributed by atoms with Crippen LogP contribution in [0.3, 0.4) is 0 Å². The summed E-state index contributed by atoms with van der Waals surface area (Å²) in [7, 11) is 0. The van der Waals surface area contributed by atoms with E-state index in [4.69, 9.17) is 3.32 Å². The van der Waals surface area contributed by atoms with E-state index in [1.807, 2.05) is 30.3 Å². The van der Waals surface area contributed by atoms with Crippen molar-refractivity contribution >= 4 is 24.8 Å². The van der Waals surface area contributed by atoms with Crippen LogP contribution in [-0.4, -0.2) is 42.7 Å². The summed E-state index contributed by atoms with van der Waals surface area (Å²) in [6, 6.07) is 10.2. The second-order valence-corrected chi connectivity index (χ2v) is 7.35. The van der Waals surface area contributed by atoms with Gasteiger partial charge in [-0.2, -0.15) is 0 Å². The number of benzene rings is 1. The van der Waals surface area contributed by atoms with Crippen LogP contribution in [-0.2, 0) is 18.5 Å². The number of nitrogens with one attached hydrogen (secondary N) is 2. The van der Waals surface area contributed by atoms with E-state index in [1.165, 1.54) is 0 Å². The van der Waals surface area contributed by atoms with E-state index >= 15 is 0 Å². The fourth-order valence-corrected chi connectivity index (χ4v) is 4.28. The van der Waals surface area contributed by atoms with Crippen molar-refractivity contribution in [3.8, 4) is 5.75 Å². The van der Waals surface area contributed by atoms with E-state index in [1.54, 1.807) is 0 Å². The average molecular weight is 357 g/mol. The first-order valence-corrected chi connectivity index (χ1v) is 9.49. The van der Waals surface area contributed by atoms with Crippen LogP contribution in [0.25, 0.3) is 0 Å². The quantitative estimate of drug-likeness (QED) is 0.811. The molecule has 1 aromatic rings. The molecule has 1 fully saturated rings. The molecular formula is C13H24Cl2N3OTi. The van der Waals surface area contributed by atoms with Crippen molar-refractivity contribution in [3.63, 3.8) is 0 Å². The minimum absolute atomic E-state index is 0. The molecule has 0 unspecified atom stereocenters. The van der Waals surface area contributed by atoms with Gasteiger partial charge in [-0.25, -0.2) is 0 Å². The van der Waals surface area contributed by atoms with Crippen LogP contribution in [0.2, 0.25) is 5.23 Å². The van der Waals surface area contributed by atoms with Gasteiger partial charge < -0.3 is 0 Å². The second kappa shape index (κ2) is 11.8. The van der Waals surface area contributed by atoms with Crippen LogP contribution >= 0.6 is 24.8 Å². The van der Waals surface area contributed by atoms with Crippen molar-refractivity contribution in [2.45, 2.75) is 5.23 Å². The molecule has 0 spiro atoms. The van der Waals surface area contributed by atoms with Gasteiger partial charge in [0.2, 0.25) is 0 Å². The molecule has 0 radical (unpaired) electrons. The topological polar surface area (TPSA) is 36.5 Å². The first kappa shape index (κ1) is 20.2. The van der Waals surface area contributed by atoms with Gasteiger partial charge in [0.25, 0.3) is 0 Å². The third-order valence-corrected chi connectivity index (χ3v) is 5.97. The molecule has 1 aliphatic rings. The SMILES string of the molecule is Cl.Cl.[CH3][Ti]([O]c1ccccc1)[N]1CCNCCNCC1. The maximum absolute atomic E-state index is 6.13. The van der Waals surface area contributed by atoms with Crippen LogP contribution in [0.4, 0.5) is 0 Å². The predicted octanol–water partition coefficient (Wildman–Crippen LogP) is 1.90. The Balaban J connectivity index is 0.00000180. The Morgan fingerprint density at radius 2 is 1.50 bits per heavy atom. The molecule has 0 atom stereocenters. The Morgan fingerprint density at radius 1 is 0.950 bits per heavy atom. The molecule has 0 amide bonds. The van der Waals surface area contributed by atoms with Crippen LogP contribution in [0, 0.1) is 0 Å². The minimum atomic E-state index is -1.61. The zero-order valence-electron chi connectivity index (χ0n) is 11.8. The zero-order valence-corrected chi connectivity index (χ0v) is 15.0. The second-order valence-electron chi connectivity index (χ2n) is 4.42. The van der Waals surface area contributed by atoms with Gasteiger partial charge in [0.05, 0.1) is 0 Å². The van der Waals surface area contributed by atoms with Crippen LogP contribution in [0.1, 0.15) is 0 Å². The van der Waals surface area contributed by atoms with Crippen molar-refractivity contribution in [2.24, 2.45) is 0 Å². The average Bonchev–Trinajstić information content (AvgIpc) is 2.53. The molecular weight excluding hydrogens is 333 g/mol. The molecule has 4 nitrogen and oxygen atoms in total. The summed E-state index contributed by atoms with van der Waals surface area (Å²) >= 11 is -1.61. The Labute approximate surface area is 141 Å². The Hall–Kier alpha value is 0.194. The molecule has 2 N–H and O–H groups in total. The summed E-state index contributed by atoms with van der Waals surface area (Å²) < 4.78 is 8.65. The van der Waals surface area contributed by atoms with E-state index in [9.17, 15) is 0 Å². The summed E-state index contributed by atoms with van der Waals surface area (Å²) in [5.41, 5.74) is 0. The van der Waals surface area contributed by atoms with E-state index in [0.29, 0.717) is 0 Å². The summed E-state index contributed by atoms with van der Waals surface area (Å²) in [5.74, 6) is 1.01. The molecule has 20 heavy (non-hydrogen) atoms. The van der Waals surface area contributed by atoms with Crippen molar-refractivity contribution in [2.75, 3.05) is 39.3 Å². The van der Waals surface area contributed by atoms with E-state index in [-0.39, 0.29) is 24.8 Å². The molecule has 0 bridgehead atoms. The van der Waals surface area contributed by atoms with Crippen molar-refractivity contribution in [1.29, 1.82) is 0 Å². The number of hydrogen-bond donors (Lipinski definition) is 2. The third-order valence-electron chi connectivity index (χ3n) is 3.05. The van der Waals surface area contributed by atoms with Gasteiger partial charge in [-0.15, -0.1) is 24.8 Å². The number of hydrogen-bond acceptors (Lipinski definition) is 4. The summed E-state index contributed by atoms with van der Waals surface area (Å²) in [5, 5.41) is 9.17. The van der Waals surface area contributed by atoms with Gasteiger partial charge in [-0.05, 0) is 0 Å². The van der Waals surface area contributed by atoms with Crippen molar-refractivity contribution in [1.82, 2.24) is 14.0 Å². The number of halogens is 2. The summed E-state index contributed by atoms with van der Waals surface area (Å²) in [6.07, 6.45) is 0. The molecule has 7 heteroatoms. The number of nitrogens with zero attached hydrogens (tertiary/aromatic N) is 1. The number of para-hydroxylation sites is 1. The Bertz CT molecular complexity index is 336. The predicted molar refractivity (Wildman–Crippen MR) is 84.7 cm³/mol. The third kappa shape index (κ3) is 7.27. The van der Waals surface area contributed by atoms with Gasteiger partial charge in [-0.1, -0.05) is 0 Å². The molecule has 1 heterocycles. The van der Waals surface area contributed by atoms with Gasteiger partial charge in [0, 0.05) is 0 Å². The van der Waals surface area contributed by atoms with E-state index in [0.717, 1.165) is 45.0 Å². The molecule has 1 saturated heterocycles. The summed E-state index contributed by atoms with van der Waals surface area (Å²) in [6.45, 7) is 6.44. The molecule has 0 aliphatic carbocycles. The van der Waals surface area contributed by atoms with Crippen molar-refractivity contribution in [3.05, 3.63) is 30.3 Å².